The third kappa shape index (κ3) is 5.00. The second kappa shape index (κ2) is 7.22. The van der Waals surface area contributed by atoms with Crippen LogP contribution in [0.15, 0.2) is 18.2 Å². The fraction of sp³-hybridized carbons (Fsp3) is 0.533. The number of hydrogen-bond donors (Lipinski definition) is 2. The molecule has 7 nitrogen and oxygen atoms in total. The van der Waals surface area contributed by atoms with Crippen LogP contribution in [-0.4, -0.2) is 29.7 Å². The van der Waals surface area contributed by atoms with Gasteiger partial charge in [-0.25, -0.2) is 4.79 Å². The second-order valence-electron chi connectivity index (χ2n) is 6.09. The number of ether oxygens (including phenoxy) is 1. The number of nitrogens with one attached hydrogen (secondary N) is 1. The van der Waals surface area contributed by atoms with Crippen LogP contribution in [0.25, 0.3) is 0 Å². The van der Waals surface area contributed by atoms with Crippen molar-refractivity contribution >= 4 is 11.8 Å². The van der Waals surface area contributed by atoms with Crippen LogP contribution in [0, 0.1) is 17.0 Å². The first-order chi connectivity index (χ1) is 10.2. The largest absolute Gasteiger partial charge is 0.444 e. The van der Waals surface area contributed by atoms with Gasteiger partial charge in [-0.05, 0) is 27.7 Å². The lowest BCUT2D eigenvalue weighted by molar-refractivity contribution is -0.386. The van der Waals surface area contributed by atoms with Crippen LogP contribution in [0.1, 0.15) is 37.8 Å². The van der Waals surface area contributed by atoms with Gasteiger partial charge in [0.15, 0.2) is 0 Å². The number of nitro groups is 1. The molecular weight excluding hydrogens is 286 g/mol. The quantitative estimate of drug-likeness (QED) is 0.641. The third-order valence-corrected chi connectivity index (χ3v) is 3.07. The molecule has 1 atom stereocenters. The molecule has 3 N–H and O–H groups in total. The van der Waals surface area contributed by atoms with Crippen molar-refractivity contribution in [1.29, 1.82) is 0 Å². The molecule has 0 aliphatic rings. The van der Waals surface area contributed by atoms with Crippen molar-refractivity contribution in [2.75, 3.05) is 13.1 Å². The number of carbonyl (C=O) groups excluding carboxylic acids is 1. The maximum Gasteiger partial charge on any atom is 0.407 e. The number of para-hydroxylation sites is 1. The number of carbonyl (C=O) groups is 1. The first kappa shape index (κ1) is 17.9. The molecule has 0 aliphatic heterocycles. The summed E-state index contributed by atoms with van der Waals surface area (Å²) in [5, 5.41) is 13.9. The number of amides is 1. The maximum atomic E-state index is 11.7. The highest BCUT2D eigenvalue weighted by Crippen LogP contribution is 2.29. The molecule has 1 aromatic carbocycles. The molecule has 0 aliphatic carbocycles. The number of alkyl carbamates (subject to hydrolysis) is 1. The number of hydrogen-bond acceptors (Lipinski definition) is 5. The van der Waals surface area contributed by atoms with Crippen LogP contribution in [-0.2, 0) is 4.74 Å². The second-order valence-corrected chi connectivity index (χ2v) is 6.09. The molecular formula is C15H23N3O4. The molecule has 0 bridgehead atoms. The normalized spacial score (nSPS) is 12.6. The Morgan fingerprint density at radius 1 is 1.45 bits per heavy atom. The summed E-state index contributed by atoms with van der Waals surface area (Å²) >= 11 is 0. The standard InChI is InChI=1S/C15H23N3O4/c1-10-6-5-7-12(13(10)18(20)21)11(8-16)9-17-14(19)22-15(2,3)4/h5-7,11H,8-9,16H2,1-4H3,(H,17,19). The van der Waals surface area contributed by atoms with Gasteiger partial charge in [-0.3, -0.25) is 10.1 Å². The lowest BCUT2D eigenvalue weighted by atomic mass is 9.95. The maximum absolute atomic E-state index is 11.7. The zero-order chi connectivity index (χ0) is 16.9. The van der Waals surface area contributed by atoms with Gasteiger partial charge in [-0.1, -0.05) is 18.2 Å². The van der Waals surface area contributed by atoms with E-state index in [-0.39, 0.29) is 24.7 Å². The van der Waals surface area contributed by atoms with Gasteiger partial charge < -0.3 is 15.8 Å². The van der Waals surface area contributed by atoms with E-state index >= 15 is 0 Å². The van der Waals surface area contributed by atoms with Gasteiger partial charge in [-0.2, -0.15) is 0 Å². The molecule has 1 aromatic rings. The first-order valence-corrected chi connectivity index (χ1v) is 7.06. The molecule has 22 heavy (non-hydrogen) atoms. The van der Waals surface area contributed by atoms with E-state index in [9.17, 15) is 14.9 Å². The molecule has 7 heteroatoms. The fourth-order valence-electron chi connectivity index (χ4n) is 2.10. The number of aryl methyl sites for hydroxylation is 1. The van der Waals surface area contributed by atoms with E-state index in [1.807, 2.05) is 0 Å². The van der Waals surface area contributed by atoms with Crippen molar-refractivity contribution in [2.24, 2.45) is 5.73 Å². The van der Waals surface area contributed by atoms with Gasteiger partial charge in [0.2, 0.25) is 0 Å². The minimum Gasteiger partial charge on any atom is -0.444 e. The van der Waals surface area contributed by atoms with E-state index < -0.39 is 16.6 Å². The van der Waals surface area contributed by atoms with Crippen LogP contribution < -0.4 is 11.1 Å². The van der Waals surface area contributed by atoms with Crippen LogP contribution in [0.3, 0.4) is 0 Å². The van der Waals surface area contributed by atoms with Crippen molar-refractivity contribution < 1.29 is 14.5 Å². The smallest absolute Gasteiger partial charge is 0.407 e. The van der Waals surface area contributed by atoms with Crippen molar-refractivity contribution in [3.63, 3.8) is 0 Å². The van der Waals surface area contributed by atoms with Gasteiger partial charge in [0.05, 0.1) is 4.92 Å². The Hall–Kier alpha value is -2.15. The number of benzene rings is 1. The van der Waals surface area contributed by atoms with Crippen LogP contribution in [0.4, 0.5) is 10.5 Å². The lowest BCUT2D eigenvalue weighted by Gasteiger charge is -2.21. The monoisotopic (exact) mass is 309 g/mol. The molecule has 0 saturated carbocycles. The van der Waals surface area contributed by atoms with Gasteiger partial charge >= 0.3 is 6.09 Å². The van der Waals surface area contributed by atoms with Crippen LogP contribution in [0.5, 0.6) is 0 Å². The molecule has 0 aromatic heterocycles. The zero-order valence-corrected chi connectivity index (χ0v) is 13.4. The Labute approximate surface area is 130 Å². The highest BCUT2D eigenvalue weighted by Gasteiger charge is 2.24. The van der Waals surface area contributed by atoms with Crippen LogP contribution in [0.2, 0.25) is 0 Å². The Morgan fingerprint density at radius 3 is 2.59 bits per heavy atom. The Kier molecular flexibility index (Phi) is 5.87. The van der Waals surface area contributed by atoms with Gasteiger partial charge in [0.25, 0.3) is 5.69 Å². The zero-order valence-electron chi connectivity index (χ0n) is 13.4. The third-order valence-electron chi connectivity index (χ3n) is 3.07. The minimum atomic E-state index is -0.600. The molecule has 0 fully saturated rings. The summed E-state index contributed by atoms with van der Waals surface area (Å²) in [7, 11) is 0. The first-order valence-electron chi connectivity index (χ1n) is 7.06. The van der Waals surface area contributed by atoms with E-state index in [4.69, 9.17) is 10.5 Å². The summed E-state index contributed by atoms with van der Waals surface area (Å²) in [5.74, 6) is -0.354. The number of nitro benzene ring substituents is 1. The van der Waals surface area contributed by atoms with E-state index in [0.717, 1.165) is 0 Å². The fourth-order valence-corrected chi connectivity index (χ4v) is 2.10. The molecule has 1 amide bonds. The van der Waals surface area contributed by atoms with E-state index in [1.54, 1.807) is 45.9 Å². The molecule has 122 valence electrons. The van der Waals surface area contributed by atoms with Crippen LogP contribution >= 0.6 is 0 Å². The van der Waals surface area contributed by atoms with Crippen molar-refractivity contribution in [3.05, 3.63) is 39.4 Å². The average molecular weight is 309 g/mol. The number of nitrogens with zero attached hydrogens (tertiary/aromatic N) is 1. The van der Waals surface area contributed by atoms with Gasteiger partial charge in [-0.15, -0.1) is 0 Å². The summed E-state index contributed by atoms with van der Waals surface area (Å²) in [6, 6.07) is 5.09. The predicted molar refractivity (Wildman–Crippen MR) is 83.9 cm³/mol. The molecule has 0 saturated heterocycles. The molecule has 0 radical (unpaired) electrons. The Bertz CT molecular complexity index is 552. The van der Waals surface area contributed by atoms with E-state index in [2.05, 4.69) is 5.32 Å². The van der Waals surface area contributed by atoms with E-state index in [1.165, 1.54) is 0 Å². The number of nitrogens with two attached hydrogens (primary N) is 1. The lowest BCUT2D eigenvalue weighted by Crippen LogP contribution is -2.36. The minimum absolute atomic E-state index is 0.0453. The van der Waals surface area contributed by atoms with Crippen molar-refractivity contribution in [3.8, 4) is 0 Å². The summed E-state index contributed by atoms with van der Waals surface area (Å²) in [5.41, 5.74) is 6.25. The molecule has 1 rings (SSSR count). The summed E-state index contributed by atoms with van der Waals surface area (Å²) in [4.78, 5) is 22.5. The van der Waals surface area contributed by atoms with E-state index in [0.29, 0.717) is 11.1 Å². The molecule has 0 heterocycles. The Balaban J connectivity index is 2.88. The average Bonchev–Trinajstić information content (AvgIpc) is 2.36. The van der Waals surface area contributed by atoms with Gasteiger partial charge in [0.1, 0.15) is 5.60 Å². The summed E-state index contributed by atoms with van der Waals surface area (Å²) in [6.07, 6.45) is -0.568. The SMILES string of the molecule is Cc1cccc(C(CN)CNC(=O)OC(C)(C)C)c1[N+](=O)[O-]. The van der Waals surface area contributed by atoms with Gasteiger partial charge in [0, 0.05) is 30.1 Å². The number of rotatable bonds is 5. The summed E-state index contributed by atoms with van der Waals surface area (Å²) < 4.78 is 5.15. The molecule has 0 spiro atoms. The predicted octanol–water partition coefficient (Wildman–Crippen LogP) is 2.47. The highest BCUT2D eigenvalue weighted by molar-refractivity contribution is 5.67. The Morgan fingerprint density at radius 2 is 2.09 bits per heavy atom. The summed E-state index contributed by atoms with van der Waals surface area (Å²) in [6.45, 7) is 7.32. The molecule has 1 unspecified atom stereocenters. The topological polar surface area (TPSA) is 107 Å². The van der Waals surface area contributed by atoms with Crippen molar-refractivity contribution in [1.82, 2.24) is 5.32 Å². The highest BCUT2D eigenvalue weighted by atomic mass is 16.6. The van der Waals surface area contributed by atoms with Crippen molar-refractivity contribution in [2.45, 2.75) is 39.2 Å².